The van der Waals surface area contributed by atoms with E-state index in [1.165, 1.54) is 5.01 Å². The fourth-order valence-electron chi connectivity index (χ4n) is 4.31. The Balaban J connectivity index is 1.95. The maximum Gasteiger partial charge on any atom is 0.265 e. The molecule has 0 bridgehead atoms. The second kappa shape index (κ2) is 9.91. The lowest BCUT2D eigenvalue weighted by Crippen LogP contribution is -2.43. The zero-order valence-corrected chi connectivity index (χ0v) is 19.9. The van der Waals surface area contributed by atoms with Crippen LogP contribution in [0.25, 0.3) is 5.70 Å². The van der Waals surface area contributed by atoms with E-state index in [1.54, 1.807) is 42.5 Å². The number of rotatable bonds is 7. The van der Waals surface area contributed by atoms with Crippen LogP contribution in [0.4, 0.5) is 14.5 Å². The summed E-state index contributed by atoms with van der Waals surface area (Å²) in [6.07, 6.45) is 4.02. The molecule has 1 saturated heterocycles. The van der Waals surface area contributed by atoms with E-state index in [-0.39, 0.29) is 25.1 Å². The summed E-state index contributed by atoms with van der Waals surface area (Å²) >= 11 is 0. The van der Waals surface area contributed by atoms with E-state index in [9.17, 15) is 13.6 Å². The number of nitrogens with two attached hydrogens (primary N) is 2. The zero-order valence-electron chi connectivity index (χ0n) is 19.9. The van der Waals surface area contributed by atoms with Crippen LogP contribution in [0.15, 0.2) is 34.9 Å². The Kier molecular flexibility index (Phi) is 7.41. The van der Waals surface area contributed by atoms with Crippen molar-refractivity contribution in [3.05, 3.63) is 63.0 Å². The summed E-state index contributed by atoms with van der Waals surface area (Å²) < 4.78 is 29.4. The number of halogens is 2. The number of anilines is 1. The van der Waals surface area contributed by atoms with E-state index in [2.05, 4.69) is 11.9 Å². The molecule has 3 heterocycles. The van der Waals surface area contributed by atoms with E-state index in [0.29, 0.717) is 47.0 Å². The van der Waals surface area contributed by atoms with E-state index >= 15 is 0 Å². The van der Waals surface area contributed by atoms with Crippen LogP contribution in [0.5, 0.6) is 0 Å². The van der Waals surface area contributed by atoms with Gasteiger partial charge in [-0.3, -0.25) is 4.79 Å². The topological polar surface area (TPSA) is 93.4 Å². The Morgan fingerprint density at radius 2 is 2.03 bits per heavy atom. The van der Waals surface area contributed by atoms with Gasteiger partial charge in [0.25, 0.3) is 11.5 Å². The van der Waals surface area contributed by atoms with Crippen molar-refractivity contribution in [3.63, 3.8) is 0 Å². The first-order valence-electron chi connectivity index (χ1n) is 11.3. The van der Waals surface area contributed by atoms with E-state index in [0.717, 1.165) is 18.4 Å². The number of hydrogen-bond acceptors (Lipinski definition) is 6. The molecule has 2 aromatic rings. The molecule has 2 aromatic heterocycles. The summed E-state index contributed by atoms with van der Waals surface area (Å²) in [6.45, 7) is 6.11. The van der Waals surface area contributed by atoms with Crippen molar-refractivity contribution in [3.8, 4) is 0 Å². The van der Waals surface area contributed by atoms with E-state index in [1.807, 2.05) is 12.3 Å². The lowest BCUT2D eigenvalue weighted by atomic mass is 10.1. The lowest BCUT2D eigenvalue weighted by Gasteiger charge is -2.34. The van der Waals surface area contributed by atoms with Crippen LogP contribution in [0, 0.1) is 13.8 Å². The molecule has 0 unspecified atom stereocenters. The van der Waals surface area contributed by atoms with Crippen molar-refractivity contribution in [2.75, 3.05) is 25.0 Å². The van der Waals surface area contributed by atoms with Gasteiger partial charge in [0, 0.05) is 31.8 Å². The van der Waals surface area contributed by atoms with Crippen molar-refractivity contribution in [2.45, 2.75) is 58.9 Å². The van der Waals surface area contributed by atoms with Gasteiger partial charge in [0.1, 0.15) is 0 Å². The average molecular weight is 461 g/mol. The minimum absolute atomic E-state index is 0.0890. The first kappa shape index (κ1) is 24.7. The Labute approximate surface area is 193 Å². The van der Waals surface area contributed by atoms with Crippen molar-refractivity contribution < 1.29 is 8.78 Å². The monoisotopic (exact) mass is 460 g/mol. The van der Waals surface area contributed by atoms with Crippen LogP contribution in [0.3, 0.4) is 0 Å². The van der Waals surface area contributed by atoms with Gasteiger partial charge in [0.05, 0.1) is 41.6 Å². The van der Waals surface area contributed by atoms with Crippen LogP contribution < -0.4 is 22.0 Å². The van der Waals surface area contributed by atoms with Gasteiger partial charge < -0.3 is 20.2 Å². The quantitative estimate of drug-likeness (QED) is 0.487. The number of alkyl halides is 2. The van der Waals surface area contributed by atoms with Crippen LogP contribution >= 0.6 is 0 Å². The summed E-state index contributed by atoms with van der Waals surface area (Å²) in [4.78, 5) is 19.0. The van der Waals surface area contributed by atoms with E-state index in [4.69, 9.17) is 11.6 Å². The Morgan fingerprint density at radius 3 is 2.64 bits per heavy atom. The largest absolute Gasteiger partial charge is 0.395 e. The summed E-state index contributed by atoms with van der Waals surface area (Å²) in [5, 5.41) is 1.39. The van der Waals surface area contributed by atoms with Crippen LogP contribution in [0.2, 0.25) is 0 Å². The molecule has 0 spiro atoms. The molecule has 0 saturated carbocycles. The Morgan fingerprint density at radius 1 is 1.30 bits per heavy atom. The van der Waals surface area contributed by atoms with Crippen molar-refractivity contribution in [1.29, 1.82) is 0 Å². The molecular weight excluding hydrogens is 426 g/mol. The number of hydrazine groups is 1. The number of likely N-dealkylation sites (N-methyl/N-ethyl adjacent to an activating group) is 1. The minimum atomic E-state index is -2.70. The van der Waals surface area contributed by atoms with Gasteiger partial charge in [-0.25, -0.2) is 19.6 Å². The normalized spacial score (nSPS) is 16.5. The van der Waals surface area contributed by atoms with Gasteiger partial charge in [-0.2, -0.15) is 0 Å². The van der Waals surface area contributed by atoms with Crippen molar-refractivity contribution in [1.82, 2.24) is 14.6 Å². The van der Waals surface area contributed by atoms with Gasteiger partial charge in [-0.05, 0) is 50.5 Å². The summed E-state index contributed by atoms with van der Waals surface area (Å²) in [7, 11) is 1.66. The average Bonchev–Trinajstić information content (AvgIpc) is 2.73. The summed E-state index contributed by atoms with van der Waals surface area (Å²) in [5.74, 6) is 3.38. The number of aromatic nitrogens is 2. The lowest BCUT2D eigenvalue weighted by molar-refractivity contribution is -0.0117. The van der Waals surface area contributed by atoms with Crippen LogP contribution in [-0.4, -0.2) is 40.6 Å². The molecule has 0 radical (unpaired) electrons. The number of allylic oxidation sites excluding steroid dienone is 1. The molecule has 3 rings (SSSR count). The molecule has 0 aliphatic carbocycles. The van der Waals surface area contributed by atoms with Gasteiger partial charge >= 0.3 is 0 Å². The first-order valence-corrected chi connectivity index (χ1v) is 11.3. The Hall–Kier alpha value is -2.94. The third-order valence-electron chi connectivity index (χ3n) is 5.98. The second-order valence-corrected chi connectivity index (χ2v) is 8.87. The number of aryl methyl sites for hydroxylation is 3. The predicted molar refractivity (Wildman–Crippen MR) is 128 cm³/mol. The van der Waals surface area contributed by atoms with Crippen LogP contribution in [0.1, 0.15) is 48.7 Å². The van der Waals surface area contributed by atoms with Gasteiger partial charge in [-0.15, -0.1) is 0 Å². The maximum atomic E-state index is 13.9. The first-order chi connectivity index (χ1) is 15.5. The summed E-state index contributed by atoms with van der Waals surface area (Å²) in [6, 6.07) is 5.41. The molecule has 1 fully saturated rings. The molecule has 1 aliphatic rings. The number of piperidine rings is 1. The predicted octanol–water partition coefficient (Wildman–Crippen LogP) is 3.18. The fraction of sp³-hybridized carbons (Fsp3) is 0.500. The number of hydrogen-bond donors (Lipinski definition) is 2. The third kappa shape index (κ3) is 5.71. The molecule has 4 N–H and O–H groups in total. The molecule has 9 heteroatoms. The molecule has 33 heavy (non-hydrogen) atoms. The van der Waals surface area contributed by atoms with Crippen LogP contribution in [-0.2, 0) is 13.0 Å². The minimum Gasteiger partial charge on any atom is -0.395 e. The van der Waals surface area contributed by atoms with E-state index < -0.39 is 5.92 Å². The highest BCUT2D eigenvalue weighted by molar-refractivity contribution is 5.65. The fourth-order valence-corrected chi connectivity index (χ4v) is 4.31. The number of nitrogens with zero attached hydrogens (tertiary/aromatic N) is 4. The van der Waals surface area contributed by atoms with Crippen molar-refractivity contribution in [2.24, 2.45) is 11.6 Å². The smallest absolute Gasteiger partial charge is 0.265 e. The highest BCUT2D eigenvalue weighted by Gasteiger charge is 2.35. The second-order valence-electron chi connectivity index (χ2n) is 8.87. The molecule has 1 aliphatic heterocycles. The molecule has 0 aromatic carbocycles. The molecular formula is C24H34F2N6O. The molecule has 0 atom stereocenters. The molecule has 180 valence electrons. The third-order valence-corrected chi connectivity index (χ3v) is 5.98. The Bertz CT molecular complexity index is 1090. The molecule has 7 nitrogen and oxygen atoms in total. The maximum absolute atomic E-state index is 13.9. The highest BCUT2D eigenvalue weighted by Crippen LogP contribution is 2.31. The van der Waals surface area contributed by atoms with Gasteiger partial charge in [0.15, 0.2) is 0 Å². The van der Waals surface area contributed by atoms with Crippen molar-refractivity contribution >= 4 is 11.4 Å². The van der Waals surface area contributed by atoms with Gasteiger partial charge in [-0.1, -0.05) is 13.3 Å². The number of pyridine rings is 2. The zero-order chi connectivity index (χ0) is 24.3. The van der Waals surface area contributed by atoms with Gasteiger partial charge in [0.2, 0.25) is 0 Å². The standard InChI is InChI=1S/C24H34F2N6O/c1-5-7-18-12-16(2)23(33)32(13-18)14-21(30(4)28)22(27)19-8-9-20(17(3)29-19)31-11-6-10-24(25,26)15-31/h8-9,12-13H,5-7,10-11,14-15,27-28H2,1-4H3/b22-21-. The highest BCUT2D eigenvalue weighted by atomic mass is 19.3. The summed E-state index contributed by atoms with van der Waals surface area (Å²) in [5.41, 5.74) is 10.7. The SMILES string of the molecule is CCCc1cc(C)c(=O)n(C/C(=C(/N)c2ccc(N3CCCC(F)(F)C3)c(C)n2)N(C)N)c1. The molecule has 0 amide bonds.